The van der Waals surface area contributed by atoms with Crippen LogP contribution in [0.5, 0.6) is 11.5 Å². The Morgan fingerprint density at radius 1 is 1.17 bits per heavy atom. The van der Waals surface area contributed by atoms with Gasteiger partial charge in [-0.2, -0.15) is 0 Å². The molecule has 4 heteroatoms. The first kappa shape index (κ1) is 17.6. The average molecular weight is 326 g/mol. The Hall–Kier alpha value is -2.75. The molecule has 2 rings (SSSR count). The topological polar surface area (TPSA) is 55.8 Å². The maximum absolute atomic E-state index is 11.7. The van der Waals surface area contributed by atoms with Crippen molar-refractivity contribution in [2.75, 3.05) is 13.7 Å². The molecule has 0 aliphatic carbocycles. The van der Waals surface area contributed by atoms with E-state index in [1.165, 1.54) is 0 Å². The van der Waals surface area contributed by atoms with Gasteiger partial charge in [-0.1, -0.05) is 31.2 Å². The number of carboxylic acid groups (broad SMARTS) is 1. The van der Waals surface area contributed by atoms with Gasteiger partial charge in [0.15, 0.2) is 0 Å². The Kier molecular flexibility index (Phi) is 6.01. The zero-order valence-corrected chi connectivity index (χ0v) is 14.2. The number of rotatable bonds is 7. The quantitative estimate of drug-likeness (QED) is 0.604. The Bertz CT molecular complexity index is 747. The fraction of sp³-hybridized carbons (Fsp3) is 0.250. The molecule has 0 heterocycles. The molecule has 126 valence electrons. The molecule has 0 radical (unpaired) electrons. The minimum Gasteiger partial charge on any atom is -0.496 e. The number of ether oxygens (including phenoxy) is 2. The fourth-order valence-corrected chi connectivity index (χ4v) is 2.40. The van der Waals surface area contributed by atoms with Gasteiger partial charge in [-0.15, -0.1) is 0 Å². The van der Waals surface area contributed by atoms with Gasteiger partial charge in [0.25, 0.3) is 0 Å². The predicted molar refractivity (Wildman–Crippen MR) is 95.5 cm³/mol. The van der Waals surface area contributed by atoms with Crippen molar-refractivity contribution in [3.8, 4) is 11.5 Å². The maximum Gasteiger partial charge on any atom is 0.336 e. The third-order valence-corrected chi connectivity index (χ3v) is 3.62. The van der Waals surface area contributed by atoms with Crippen molar-refractivity contribution in [3.63, 3.8) is 0 Å². The monoisotopic (exact) mass is 326 g/mol. The molecule has 1 N–H and O–H groups in total. The van der Waals surface area contributed by atoms with Gasteiger partial charge in [-0.25, -0.2) is 4.79 Å². The maximum atomic E-state index is 11.7. The molecule has 0 aromatic heterocycles. The minimum absolute atomic E-state index is 0.213. The summed E-state index contributed by atoms with van der Waals surface area (Å²) in [6.07, 6.45) is 2.55. The minimum atomic E-state index is -0.984. The van der Waals surface area contributed by atoms with Crippen molar-refractivity contribution >= 4 is 17.6 Å². The van der Waals surface area contributed by atoms with E-state index in [4.69, 9.17) is 9.47 Å². The molecule has 0 aliphatic heterocycles. The Morgan fingerprint density at radius 3 is 2.54 bits per heavy atom. The van der Waals surface area contributed by atoms with E-state index in [2.05, 4.69) is 0 Å². The van der Waals surface area contributed by atoms with E-state index in [1.807, 2.05) is 44.2 Å². The normalized spacial score (nSPS) is 11.2. The Balaban J connectivity index is 2.43. The summed E-state index contributed by atoms with van der Waals surface area (Å²) in [7, 11) is 1.57. The molecule has 0 unspecified atom stereocenters. The van der Waals surface area contributed by atoms with Gasteiger partial charge < -0.3 is 14.6 Å². The number of carboxylic acids is 1. The molecule has 4 nitrogen and oxygen atoms in total. The molecule has 0 atom stereocenters. The number of methoxy groups -OCH3 is 1. The van der Waals surface area contributed by atoms with E-state index in [-0.39, 0.29) is 5.57 Å². The summed E-state index contributed by atoms with van der Waals surface area (Å²) in [5.74, 6) is 0.432. The number of aryl methyl sites for hydroxylation is 1. The van der Waals surface area contributed by atoms with Gasteiger partial charge in [0.1, 0.15) is 11.5 Å². The van der Waals surface area contributed by atoms with E-state index in [1.54, 1.807) is 25.3 Å². The summed E-state index contributed by atoms with van der Waals surface area (Å²) in [5.41, 5.74) is 2.48. The van der Waals surface area contributed by atoms with Crippen LogP contribution in [-0.4, -0.2) is 24.8 Å². The zero-order chi connectivity index (χ0) is 17.5. The highest BCUT2D eigenvalue weighted by Gasteiger charge is 2.13. The SMILES string of the molecule is CCCOc1ccc(/C(=C/c2ccccc2OC)C(=O)O)cc1C. The molecule has 0 amide bonds. The molecule has 0 aliphatic rings. The lowest BCUT2D eigenvalue weighted by molar-refractivity contribution is -0.130. The number of hydrogen-bond acceptors (Lipinski definition) is 3. The van der Waals surface area contributed by atoms with Crippen LogP contribution in [0.3, 0.4) is 0 Å². The molecule has 0 fully saturated rings. The second-order valence-electron chi connectivity index (χ2n) is 5.43. The third kappa shape index (κ3) is 4.16. The largest absolute Gasteiger partial charge is 0.496 e. The van der Waals surface area contributed by atoms with Gasteiger partial charge in [0.05, 0.1) is 19.3 Å². The van der Waals surface area contributed by atoms with Crippen LogP contribution in [0.25, 0.3) is 11.6 Å². The second kappa shape index (κ2) is 8.20. The fourth-order valence-electron chi connectivity index (χ4n) is 2.40. The Morgan fingerprint density at radius 2 is 1.92 bits per heavy atom. The van der Waals surface area contributed by atoms with Crippen molar-refractivity contribution < 1.29 is 19.4 Å². The van der Waals surface area contributed by atoms with Crippen molar-refractivity contribution in [1.29, 1.82) is 0 Å². The van der Waals surface area contributed by atoms with Crippen molar-refractivity contribution in [2.45, 2.75) is 20.3 Å². The van der Waals surface area contributed by atoms with Crippen LogP contribution in [0.4, 0.5) is 0 Å². The van der Waals surface area contributed by atoms with Crippen LogP contribution >= 0.6 is 0 Å². The first-order valence-electron chi connectivity index (χ1n) is 7.88. The van der Waals surface area contributed by atoms with Crippen molar-refractivity contribution in [1.82, 2.24) is 0 Å². The zero-order valence-electron chi connectivity index (χ0n) is 14.2. The van der Waals surface area contributed by atoms with Crippen molar-refractivity contribution in [3.05, 3.63) is 59.2 Å². The van der Waals surface area contributed by atoms with Gasteiger partial charge in [-0.3, -0.25) is 0 Å². The molecule has 0 bridgehead atoms. The number of para-hydroxylation sites is 1. The van der Waals surface area contributed by atoms with E-state index < -0.39 is 5.97 Å². The van der Waals surface area contributed by atoms with Gasteiger partial charge in [0, 0.05) is 5.56 Å². The molecule has 2 aromatic rings. The highest BCUT2D eigenvalue weighted by molar-refractivity contribution is 6.20. The lowest BCUT2D eigenvalue weighted by Gasteiger charge is -2.11. The number of aliphatic carboxylic acids is 1. The van der Waals surface area contributed by atoms with Gasteiger partial charge >= 0.3 is 5.97 Å². The highest BCUT2D eigenvalue weighted by Crippen LogP contribution is 2.28. The van der Waals surface area contributed by atoms with Crippen LogP contribution in [0.1, 0.15) is 30.0 Å². The molecule has 0 saturated heterocycles. The van der Waals surface area contributed by atoms with Crippen LogP contribution < -0.4 is 9.47 Å². The average Bonchev–Trinajstić information content (AvgIpc) is 2.58. The number of hydrogen-bond donors (Lipinski definition) is 1. The molecule has 0 spiro atoms. The Labute approximate surface area is 142 Å². The van der Waals surface area contributed by atoms with Crippen LogP contribution in [0.15, 0.2) is 42.5 Å². The first-order valence-corrected chi connectivity index (χ1v) is 7.88. The van der Waals surface area contributed by atoms with Gasteiger partial charge in [-0.05, 0) is 48.7 Å². The van der Waals surface area contributed by atoms with E-state index >= 15 is 0 Å². The third-order valence-electron chi connectivity index (χ3n) is 3.62. The molecule has 2 aromatic carbocycles. The molecule has 24 heavy (non-hydrogen) atoms. The van der Waals surface area contributed by atoms with Crippen LogP contribution in [-0.2, 0) is 4.79 Å². The standard InChI is InChI=1S/C20H22O4/c1-4-11-24-18-10-9-15(12-14(18)2)17(20(21)22)13-16-7-5-6-8-19(16)23-3/h5-10,12-13H,4,11H2,1-3H3,(H,21,22)/b17-13-. The number of carbonyl (C=O) groups is 1. The lowest BCUT2D eigenvalue weighted by atomic mass is 10.00. The van der Waals surface area contributed by atoms with Crippen LogP contribution in [0.2, 0.25) is 0 Å². The summed E-state index contributed by atoms with van der Waals surface area (Å²) in [4.78, 5) is 11.7. The first-order chi connectivity index (χ1) is 11.6. The van der Waals surface area contributed by atoms with Gasteiger partial charge in [0.2, 0.25) is 0 Å². The molecular formula is C20H22O4. The number of benzene rings is 2. The molecular weight excluding hydrogens is 304 g/mol. The van der Waals surface area contributed by atoms with E-state index in [0.717, 1.165) is 23.3 Å². The summed E-state index contributed by atoms with van der Waals surface area (Å²) in [6, 6.07) is 12.8. The van der Waals surface area contributed by atoms with Crippen LogP contribution in [0, 0.1) is 6.92 Å². The summed E-state index contributed by atoms with van der Waals surface area (Å²) < 4.78 is 10.9. The highest BCUT2D eigenvalue weighted by atomic mass is 16.5. The summed E-state index contributed by atoms with van der Waals surface area (Å²) >= 11 is 0. The summed E-state index contributed by atoms with van der Waals surface area (Å²) in [6.45, 7) is 4.60. The van der Waals surface area contributed by atoms with E-state index in [0.29, 0.717) is 17.9 Å². The summed E-state index contributed by atoms with van der Waals surface area (Å²) in [5, 5.41) is 9.61. The predicted octanol–water partition coefficient (Wildman–Crippen LogP) is 4.42. The second-order valence-corrected chi connectivity index (χ2v) is 5.43. The smallest absolute Gasteiger partial charge is 0.336 e. The molecule has 0 saturated carbocycles. The van der Waals surface area contributed by atoms with E-state index in [9.17, 15) is 9.90 Å². The lowest BCUT2D eigenvalue weighted by Crippen LogP contribution is -2.02. The van der Waals surface area contributed by atoms with Crippen molar-refractivity contribution in [2.24, 2.45) is 0 Å².